The summed E-state index contributed by atoms with van der Waals surface area (Å²) in [5, 5.41) is 9.76. The summed E-state index contributed by atoms with van der Waals surface area (Å²) in [5.74, 6) is -1.40. The smallest absolute Gasteiger partial charge is 0.306 e. The van der Waals surface area contributed by atoms with Gasteiger partial charge in [0.2, 0.25) is 0 Å². The maximum absolute atomic E-state index is 12.4. The molecule has 0 radical (unpaired) electrons. The Morgan fingerprint density at radius 2 is 0.884 bits per heavy atom. The first-order valence-electron chi connectivity index (χ1n) is 17.8. The van der Waals surface area contributed by atoms with Crippen LogP contribution < -0.4 is 0 Å². The second kappa shape index (κ2) is 31.5. The number of carbonyl (C=O) groups excluding carboxylic acids is 3. The topological polar surface area (TPSA) is 89.9 Å². The van der Waals surface area contributed by atoms with Crippen molar-refractivity contribution in [2.45, 2.75) is 187 Å². The second-order valence-electron chi connectivity index (χ2n) is 12.0. The number of ketones is 1. The molecule has 0 saturated carbocycles. The van der Waals surface area contributed by atoms with Crippen LogP contribution >= 0.6 is 0 Å². The number of ether oxygens (including phenoxy) is 2. The third-order valence-electron chi connectivity index (χ3n) is 7.74. The van der Waals surface area contributed by atoms with Gasteiger partial charge in [0.15, 0.2) is 18.0 Å². The number of hydrogen-bond donors (Lipinski definition) is 1. The van der Waals surface area contributed by atoms with Gasteiger partial charge in [-0.2, -0.15) is 0 Å². The summed E-state index contributed by atoms with van der Waals surface area (Å²) in [6.07, 6.45) is 32.1. The van der Waals surface area contributed by atoms with Crippen LogP contribution in [0.4, 0.5) is 0 Å². The van der Waals surface area contributed by atoms with E-state index in [2.05, 4.69) is 38.2 Å². The zero-order valence-electron chi connectivity index (χ0n) is 28.1. The Morgan fingerprint density at radius 3 is 1.26 bits per heavy atom. The molecular formula is C37H66O6. The van der Waals surface area contributed by atoms with Crippen molar-refractivity contribution in [1.82, 2.24) is 0 Å². The molecule has 0 saturated heterocycles. The summed E-state index contributed by atoms with van der Waals surface area (Å²) in [7, 11) is 0. The van der Waals surface area contributed by atoms with Gasteiger partial charge in [-0.25, -0.2) is 0 Å². The lowest BCUT2D eigenvalue weighted by Gasteiger charge is -2.23. The van der Waals surface area contributed by atoms with Gasteiger partial charge >= 0.3 is 11.9 Å². The minimum atomic E-state index is -1.27. The molecule has 250 valence electrons. The van der Waals surface area contributed by atoms with E-state index >= 15 is 0 Å². The fourth-order valence-corrected chi connectivity index (χ4v) is 5.02. The number of Topliss-reactive ketones (excluding diaryl/α,β-unsaturated/α-hetero) is 1. The Kier molecular flexibility index (Phi) is 30.0. The van der Waals surface area contributed by atoms with Crippen LogP contribution in [0, 0.1) is 0 Å². The van der Waals surface area contributed by atoms with Crippen LogP contribution in [-0.2, 0) is 23.9 Å². The molecule has 0 amide bonds. The zero-order chi connectivity index (χ0) is 31.8. The number of hydrogen-bond acceptors (Lipinski definition) is 6. The summed E-state index contributed by atoms with van der Waals surface area (Å²) < 4.78 is 10.7. The molecule has 6 heteroatoms. The number of aliphatic hydroxyl groups excluding tert-OH is 1. The van der Waals surface area contributed by atoms with Crippen molar-refractivity contribution < 1.29 is 29.0 Å². The number of carbonyl (C=O) groups is 3. The largest absolute Gasteiger partial charge is 0.455 e. The molecular weight excluding hydrogens is 540 g/mol. The van der Waals surface area contributed by atoms with Crippen molar-refractivity contribution in [1.29, 1.82) is 0 Å². The lowest BCUT2D eigenvalue weighted by atomic mass is 10.1. The number of unbranched alkanes of at least 4 members (excludes halogenated alkanes) is 18. The first-order chi connectivity index (χ1) is 21.0. The molecule has 1 N–H and O–H groups in total. The standard InChI is InChI=1S/C37H66O6/c1-4-6-8-10-12-14-16-18-20-22-24-26-28-30-35(40)42-34(32-38)37(33(3)39)43-36(41)31-29-27-25-23-21-19-17-15-13-11-9-7-5-2/h14-17,34,37-38H,4-13,18-32H2,1-3H3/b16-14-,17-15-. The summed E-state index contributed by atoms with van der Waals surface area (Å²) in [6, 6.07) is 0. The van der Waals surface area contributed by atoms with Crippen molar-refractivity contribution in [3.63, 3.8) is 0 Å². The fraction of sp³-hybridized carbons (Fsp3) is 0.811. The Hall–Kier alpha value is -1.95. The van der Waals surface area contributed by atoms with Gasteiger partial charge in [0, 0.05) is 12.8 Å². The van der Waals surface area contributed by atoms with Crippen LogP contribution in [0.25, 0.3) is 0 Å². The molecule has 2 atom stereocenters. The van der Waals surface area contributed by atoms with Crippen molar-refractivity contribution in [2.75, 3.05) is 6.61 Å². The van der Waals surface area contributed by atoms with Crippen molar-refractivity contribution >= 4 is 17.7 Å². The maximum Gasteiger partial charge on any atom is 0.306 e. The van der Waals surface area contributed by atoms with Gasteiger partial charge in [-0.05, 0) is 71.1 Å². The molecule has 0 aliphatic heterocycles. The van der Waals surface area contributed by atoms with Crippen LogP contribution in [0.1, 0.15) is 175 Å². The summed E-state index contributed by atoms with van der Waals surface area (Å²) in [4.78, 5) is 36.8. The molecule has 0 aliphatic carbocycles. The molecule has 0 bridgehead atoms. The molecule has 0 aliphatic rings. The molecule has 0 heterocycles. The van der Waals surface area contributed by atoms with E-state index < -0.39 is 36.5 Å². The lowest BCUT2D eigenvalue weighted by molar-refractivity contribution is -0.174. The quantitative estimate of drug-likeness (QED) is 0.0480. The number of rotatable bonds is 31. The Labute approximate surface area is 264 Å². The van der Waals surface area contributed by atoms with Gasteiger partial charge < -0.3 is 14.6 Å². The maximum atomic E-state index is 12.4. The van der Waals surface area contributed by atoms with Crippen LogP contribution in [0.5, 0.6) is 0 Å². The van der Waals surface area contributed by atoms with E-state index in [1.54, 1.807) is 0 Å². The third-order valence-corrected chi connectivity index (χ3v) is 7.74. The highest BCUT2D eigenvalue weighted by molar-refractivity contribution is 5.84. The Bertz CT molecular complexity index is 729. The van der Waals surface area contributed by atoms with Gasteiger partial charge in [0.05, 0.1) is 6.61 Å². The molecule has 0 spiro atoms. The first kappa shape index (κ1) is 41.0. The fourth-order valence-electron chi connectivity index (χ4n) is 5.02. The van der Waals surface area contributed by atoms with Crippen LogP contribution in [-0.4, -0.2) is 41.6 Å². The molecule has 0 rings (SSSR count). The van der Waals surface area contributed by atoms with E-state index in [-0.39, 0.29) is 12.8 Å². The minimum absolute atomic E-state index is 0.211. The zero-order valence-corrected chi connectivity index (χ0v) is 28.1. The Morgan fingerprint density at radius 1 is 0.535 bits per heavy atom. The summed E-state index contributed by atoms with van der Waals surface area (Å²) >= 11 is 0. The van der Waals surface area contributed by atoms with Gasteiger partial charge in [0.25, 0.3) is 0 Å². The highest BCUT2D eigenvalue weighted by Crippen LogP contribution is 2.14. The Balaban J connectivity index is 4.02. The van der Waals surface area contributed by atoms with Crippen LogP contribution in [0.15, 0.2) is 24.3 Å². The number of aliphatic hydroxyl groups is 1. The highest BCUT2D eigenvalue weighted by atomic mass is 16.6. The van der Waals surface area contributed by atoms with Crippen LogP contribution in [0.2, 0.25) is 0 Å². The summed E-state index contributed by atoms with van der Waals surface area (Å²) in [6.45, 7) is 5.18. The number of esters is 2. The lowest BCUT2D eigenvalue weighted by Crippen LogP contribution is -2.42. The SMILES string of the molecule is CCCCCC/C=C\CCCCCCCC(=O)OC(CO)C(OC(=O)CCCCCCC/C=C\CCCCCC)C(C)=O. The predicted octanol–water partition coefficient (Wildman–Crippen LogP) is 9.91. The minimum Gasteiger partial charge on any atom is -0.455 e. The van der Waals surface area contributed by atoms with E-state index in [0.29, 0.717) is 12.8 Å². The number of allylic oxidation sites excluding steroid dienone is 4. The van der Waals surface area contributed by atoms with E-state index in [4.69, 9.17) is 9.47 Å². The summed E-state index contributed by atoms with van der Waals surface area (Å²) in [5.41, 5.74) is 0. The monoisotopic (exact) mass is 606 g/mol. The normalized spacial score (nSPS) is 13.0. The van der Waals surface area contributed by atoms with Gasteiger partial charge in [-0.15, -0.1) is 0 Å². The van der Waals surface area contributed by atoms with Crippen molar-refractivity contribution in [3.05, 3.63) is 24.3 Å². The van der Waals surface area contributed by atoms with Gasteiger partial charge in [-0.1, -0.05) is 115 Å². The van der Waals surface area contributed by atoms with E-state index in [9.17, 15) is 19.5 Å². The average Bonchev–Trinajstić information content (AvgIpc) is 2.99. The average molecular weight is 607 g/mol. The first-order valence-corrected chi connectivity index (χ1v) is 17.8. The third kappa shape index (κ3) is 27.3. The molecule has 2 unspecified atom stereocenters. The molecule has 0 aromatic carbocycles. The van der Waals surface area contributed by atoms with Crippen molar-refractivity contribution in [2.24, 2.45) is 0 Å². The second-order valence-corrected chi connectivity index (χ2v) is 12.0. The van der Waals surface area contributed by atoms with Gasteiger partial charge in [-0.3, -0.25) is 14.4 Å². The molecule has 0 aromatic heterocycles. The van der Waals surface area contributed by atoms with E-state index in [1.165, 1.54) is 71.1 Å². The van der Waals surface area contributed by atoms with E-state index in [1.807, 2.05) is 0 Å². The molecule has 43 heavy (non-hydrogen) atoms. The van der Waals surface area contributed by atoms with E-state index in [0.717, 1.165) is 64.2 Å². The highest BCUT2D eigenvalue weighted by Gasteiger charge is 2.32. The predicted molar refractivity (Wildman–Crippen MR) is 178 cm³/mol. The van der Waals surface area contributed by atoms with Crippen LogP contribution in [0.3, 0.4) is 0 Å². The molecule has 0 aromatic rings. The molecule has 0 fully saturated rings. The molecule has 6 nitrogen and oxygen atoms in total. The van der Waals surface area contributed by atoms with Crippen molar-refractivity contribution in [3.8, 4) is 0 Å². The van der Waals surface area contributed by atoms with Gasteiger partial charge in [0.1, 0.15) is 0 Å².